The van der Waals surface area contributed by atoms with Crippen LogP contribution in [-0.4, -0.2) is 14.7 Å². The molecule has 0 fully saturated rings. The Morgan fingerprint density at radius 2 is 2.30 bits per heavy atom. The number of aromatic nitrogens is 2. The summed E-state index contributed by atoms with van der Waals surface area (Å²) in [6.45, 7) is 2.92. The molecule has 0 amide bonds. The molecule has 0 radical (unpaired) electrons. The standard InChI is InChI=1S/C15H15BrN2O2/c1-2-7-18-8-6-17-15(18)13(19)12-9-10-4-3-5-11(16)14(10)20-12/h3-6,8-9,13,19H,2,7H2,1H3. The molecule has 3 rings (SSSR count). The van der Waals surface area contributed by atoms with E-state index in [1.807, 2.05) is 35.0 Å². The van der Waals surface area contributed by atoms with Gasteiger partial charge in [0.15, 0.2) is 6.10 Å². The van der Waals surface area contributed by atoms with Gasteiger partial charge in [0, 0.05) is 24.3 Å². The molecule has 0 saturated heterocycles. The summed E-state index contributed by atoms with van der Waals surface area (Å²) in [5.74, 6) is 1.12. The Hall–Kier alpha value is -1.59. The van der Waals surface area contributed by atoms with Crippen LogP contribution in [0.1, 0.15) is 31.0 Å². The van der Waals surface area contributed by atoms with Gasteiger partial charge in [-0.2, -0.15) is 0 Å². The summed E-state index contributed by atoms with van der Waals surface area (Å²) in [7, 11) is 0. The largest absolute Gasteiger partial charge is 0.457 e. The fourth-order valence-electron chi connectivity index (χ4n) is 2.31. The maximum Gasteiger partial charge on any atom is 0.169 e. The van der Waals surface area contributed by atoms with Crippen LogP contribution in [0.3, 0.4) is 0 Å². The molecule has 0 spiro atoms. The third kappa shape index (κ3) is 2.27. The van der Waals surface area contributed by atoms with E-state index in [1.54, 1.807) is 6.20 Å². The molecule has 3 aromatic rings. The molecule has 4 nitrogen and oxygen atoms in total. The summed E-state index contributed by atoms with van der Waals surface area (Å²) < 4.78 is 8.60. The summed E-state index contributed by atoms with van der Waals surface area (Å²) in [6, 6.07) is 7.67. The highest BCUT2D eigenvalue weighted by Gasteiger charge is 2.20. The average molecular weight is 335 g/mol. The highest BCUT2D eigenvalue weighted by Crippen LogP contribution is 2.31. The number of nitrogens with zero attached hydrogens (tertiary/aromatic N) is 2. The van der Waals surface area contributed by atoms with Crippen LogP contribution in [0.5, 0.6) is 0 Å². The van der Waals surface area contributed by atoms with Gasteiger partial charge in [0.25, 0.3) is 0 Å². The van der Waals surface area contributed by atoms with Gasteiger partial charge in [0.1, 0.15) is 17.2 Å². The lowest BCUT2D eigenvalue weighted by Crippen LogP contribution is -2.08. The fraction of sp³-hybridized carbons (Fsp3) is 0.267. The van der Waals surface area contributed by atoms with Crippen molar-refractivity contribution in [3.8, 4) is 0 Å². The number of hydrogen-bond donors (Lipinski definition) is 1. The second-order valence-electron chi connectivity index (χ2n) is 4.69. The predicted octanol–water partition coefficient (Wildman–Crippen LogP) is 3.88. The second kappa shape index (κ2) is 5.42. The average Bonchev–Trinajstić information content (AvgIpc) is 3.05. The normalized spacial score (nSPS) is 12.9. The highest BCUT2D eigenvalue weighted by atomic mass is 79.9. The minimum Gasteiger partial charge on any atom is -0.457 e. The molecule has 2 heterocycles. The lowest BCUT2D eigenvalue weighted by Gasteiger charge is -2.10. The van der Waals surface area contributed by atoms with E-state index in [0.717, 1.165) is 28.4 Å². The van der Waals surface area contributed by atoms with Gasteiger partial charge in [-0.3, -0.25) is 0 Å². The molecule has 20 heavy (non-hydrogen) atoms. The summed E-state index contributed by atoms with van der Waals surface area (Å²) in [6.07, 6.45) is 3.71. The van der Waals surface area contributed by atoms with E-state index in [9.17, 15) is 5.11 Å². The molecule has 1 unspecified atom stereocenters. The van der Waals surface area contributed by atoms with E-state index in [4.69, 9.17) is 4.42 Å². The van der Waals surface area contributed by atoms with Crippen LogP contribution in [0.15, 0.2) is 45.5 Å². The Morgan fingerprint density at radius 1 is 1.45 bits per heavy atom. The van der Waals surface area contributed by atoms with Crippen LogP contribution in [0.25, 0.3) is 11.0 Å². The van der Waals surface area contributed by atoms with Crippen molar-refractivity contribution in [2.45, 2.75) is 26.0 Å². The van der Waals surface area contributed by atoms with Crippen LogP contribution >= 0.6 is 15.9 Å². The highest BCUT2D eigenvalue weighted by molar-refractivity contribution is 9.10. The summed E-state index contributed by atoms with van der Waals surface area (Å²) in [5.41, 5.74) is 0.746. The Balaban J connectivity index is 2.01. The zero-order valence-corrected chi connectivity index (χ0v) is 12.7. The number of hydrogen-bond acceptors (Lipinski definition) is 3. The van der Waals surface area contributed by atoms with Gasteiger partial charge >= 0.3 is 0 Å². The van der Waals surface area contributed by atoms with Gasteiger partial charge < -0.3 is 14.1 Å². The van der Waals surface area contributed by atoms with Crippen LogP contribution in [0, 0.1) is 0 Å². The third-order valence-electron chi connectivity index (χ3n) is 3.24. The first kappa shape index (κ1) is 13.4. The molecule has 1 atom stereocenters. The van der Waals surface area contributed by atoms with Gasteiger partial charge in [-0.25, -0.2) is 4.98 Å². The fourth-order valence-corrected chi connectivity index (χ4v) is 2.77. The molecule has 0 aliphatic heterocycles. The van der Waals surface area contributed by atoms with E-state index in [-0.39, 0.29) is 0 Å². The second-order valence-corrected chi connectivity index (χ2v) is 5.54. The Labute approximate surface area is 125 Å². The van der Waals surface area contributed by atoms with Gasteiger partial charge in [-0.05, 0) is 34.5 Å². The Kier molecular flexibility index (Phi) is 3.63. The monoisotopic (exact) mass is 334 g/mol. The molecule has 1 N–H and O–H groups in total. The zero-order chi connectivity index (χ0) is 14.1. The smallest absolute Gasteiger partial charge is 0.169 e. The number of halogens is 1. The molecule has 1 aromatic carbocycles. The van der Waals surface area contributed by atoms with Crippen LogP contribution in [-0.2, 0) is 6.54 Å². The first-order chi connectivity index (χ1) is 9.70. The number of aryl methyl sites for hydroxylation is 1. The van der Waals surface area contributed by atoms with E-state index < -0.39 is 6.10 Å². The topological polar surface area (TPSA) is 51.2 Å². The minimum absolute atomic E-state index is 0.510. The van der Waals surface area contributed by atoms with E-state index in [0.29, 0.717) is 11.6 Å². The number of para-hydroxylation sites is 1. The number of aliphatic hydroxyl groups is 1. The summed E-state index contributed by atoms with van der Waals surface area (Å²) >= 11 is 3.45. The number of furan rings is 1. The Bertz CT molecular complexity index is 732. The molecular weight excluding hydrogens is 320 g/mol. The van der Waals surface area contributed by atoms with Crippen molar-refractivity contribution >= 4 is 26.9 Å². The van der Waals surface area contributed by atoms with Crippen molar-refractivity contribution in [2.75, 3.05) is 0 Å². The van der Waals surface area contributed by atoms with Crippen molar-refractivity contribution in [1.29, 1.82) is 0 Å². The first-order valence-corrected chi connectivity index (χ1v) is 7.37. The number of aliphatic hydroxyl groups excluding tert-OH is 1. The number of rotatable bonds is 4. The zero-order valence-electron chi connectivity index (χ0n) is 11.1. The molecule has 0 bridgehead atoms. The van der Waals surface area contributed by atoms with Crippen molar-refractivity contribution < 1.29 is 9.52 Å². The van der Waals surface area contributed by atoms with Gasteiger partial charge in [0.2, 0.25) is 0 Å². The maximum atomic E-state index is 10.5. The SMILES string of the molecule is CCCn1ccnc1C(O)c1cc2cccc(Br)c2o1. The van der Waals surface area contributed by atoms with E-state index in [2.05, 4.69) is 27.8 Å². The number of fused-ring (bicyclic) bond motifs is 1. The lowest BCUT2D eigenvalue weighted by atomic mass is 10.2. The predicted molar refractivity (Wildman–Crippen MR) is 80.5 cm³/mol. The molecular formula is C15H15BrN2O2. The molecule has 2 aromatic heterocycles. The van der Waals surface area contributed by atoms with Crippen molar-refractivity contribution in [2.24, 2.45) is 0 Å². The molecule has 104 valence electrons. The number of imidazole rings is 1. The molecule has 0 aliphatic rings. The van der Waals surface area contributed by atoms with Crippen LogP contribution < -0.4 is 0 Å². The van der Waals surface area contributed by atoms with Crippen LogP contribution in [0.2, 0.25) is 0 Å². The lowest BCUT2D eigenvalue weighted by molar-refractivity contribution is 0.177. The van der Waals surface area contributed by atoms with Crippen LogP contribution in [0.4, 0.5) is 0 Å². The molecule has 0 saturated carbocycles. The van der Waals surface area contributed by atoms with Crippen molar-refractivity contribution in [3.05, 3.63) is 52.7 Å². The van der Waals surface area contributed by atoms with E-state index in [1.165, 1.54) is 0 Å². The van der Waals surface area contributed by atoms with E-state index >= 15 is 0 Å². The van der Waals surface area contributed by atoms with Gasteiger partial charge in [-0.15, -0.1) is 0 Å². The minimum atomic E-state index is -0.851. The van der Waals surface area contributed by atoms with Gasteiger partial charge in [-0.1, -0.05) is 19.1 Å². The quantitative estimate of drug-likeness (QED) is 0.787. The van der Waals surface area contributed by atoms with Crippen molar-refractivity contribution in [3.63, 3.8) is 0 Å². The molecule has 5 heteroatoms. The number of benzene rings is 1. The first-order valence-electron chi connectivity index (χ1n) is 6.57. The van der Waals surface area contributed by atoms with Crippen molar-refractivity contribution in [1.82, 2.24) is 9.55 Å². The maximum absolute atomic E-state index is 10.5. The molecule has 0 aliphatic carbocycles. The Morgan fingerprint density at radius 3 is 3.05 bits per heavy atom. The third-order valence-corrected chi connectivity index (χ3v) is 3.87. The summed E-state index contributed by atoms with van der Waals surface area (Å²) in [5, 5.41) is 11.4. The van der Waals surface area contributed by atoms with Gasteiger partial charge in [0.05, 0.1) is 4.47 Å². The summed E-state index contributed by atoms with van der Waals surface area (Å²) in [4.78, 5) is 4.24.